The molecule has 0 aliphatic carbocycles. The van der Waals surface area contributed by atoms with Gasteiger partial charge in [0.05, 0.1) is 6.04 Å². The SMILES string of the molecule is Cc1cc(C)c(NC(=O)C(C)N2CCCC(c3nc4ccccc4o3)C2)c(C)c1. The second kappa shape index (κ2) is 7.99. The molecule has 1 aromatic heterocycles. The molecule has 2 atom stereocenters. The maximum Gasteiger partial charge on any atom is 0.241 e. The third kappa shape index (κ3) is 4.06. The summed E-state index contributed by atoms with van der Waals surface area (Å²) in [5, 5.41) is 3.16. The summed E-state index contributed by atoms with van der Waals surface area (Å²) in [6.45, 7) is 9.86. The summed E-state index contributed by atoms with van der Waals surface area (Å²) in [5.41, 5.74) is 6.08. The smallest absolute Gasteiger partial charge is 0.241 e. The number of hydrogen-bond acceptors (Lipinski definition) is 4. The summed E-state index contributed by atoms with van der Waals surface area (Å²) in [5.74, 6) is 1.04. The molecule has 3 aromatic rings. The molecule has 1 amide bonds. The highest BCUT2D eigenvalue weighted by atomic mass is 16.3. The van der Waals surface area contributed by atoms with Crippen LogP contribution in [-0.4, -0.2) is 34.9 Å². The van der Waals surface area contributed by atoms with E-state index >= 15 is 0 Å². The molecule has 2 unspecified atom stereocenters. The van der Waals surface area contributed by atoms with E-state index in [1.165, 1.54) is 5.56 Å². The van der Waals surface area contributed by atoms with E-state index in [-0.39, 0.29) is 17.9 Å². The van der Waals surface area contributed by atoms with Gasteiger partial charge in [0, 0.05) is 18.2 Å². The van der Waals surface area contributed by atoms with Crippen molar-refractivity contribution in [2.75, 3.05) is 18.4 Å². The Morgan fingerprint density at radius 1 is 1.21 bits per heavy atom. The molecule has 2 heterocycles. The van der Waals surface area contributed by atoms with Crippen molar-refractivity contribution in [1.29, 1.82) is 0 Å². The van der Waals surface area contributed by atoms with Crippen molar-refractivity contribution < 1.29 is 9.21 Å². The van der Waals surface area contributed by atoms with Crippen LogP contribution >= 0.6 is 0 Å². The van der Waals surface area contributed by atoms with Crippen molar-refractivity contribution in [3.05, 3.63) is 59.0 Å². The quantitative estimate of drug-likeness (QED) is 0.683. The zero-order chi connectivity index (χ0) is 20.5. The molecule has 0 radical (unpaired) electrons. The Labute approximate surface area is 172 Å². The largest absolute Gasteiger partial charge is 0.440 e. The number of oxazole rings is 1. The molecule has 1 saturated heterocycles. The van der Waals surface area contributed by atoms with Gasteiger partial charge in [-0.15, -0.1) is 0 Å². The molecule has 0 saturated carbocycles. The zero-order valence-electron chi connectivity index (χ0n) is 17.7. The molecular formula is C24H29N3O2. The number of nitrogens with one attached hydrogen (secondary N) is 1. The number of fused-ring (bicyclic) bond motifs is 1. The number of aryl methyl sites for hydroxylation is 3. The first kappa shape index (κ1) is 19.6. The monoisotopic (exact) mass is 391 g/mol. The molecule has 152 valence electrons. The molecule has 5 heteroatoms. The van der Waals surface area contributed by atoms with Crippen molar-refractivity contribution in [1.82, 2.24) is 9.88 Å². The van der Waals surface area contributed by atoms with Crippen LogP contribution in [0, 0.1) is 20.8 Å². The highest BCUT2D eigenvalue weighted by molar-refractivity contribution is 5.96. The van der Waals surface area contributed by atoms with Gasteiger partial charge >= 0.3 is 0 Å². The van der Waals surface area contributed by atoms with E-state index in [2.05, 4.69) is 34.3 Å². The Bertz CT molecular complexity index is 984. The van der Waals surface area contributed by atoms with Crippen LogP contribution in [0.25, 0.3) is 11.1 Å². The average molecular weight is 392 g/mol. The third-order valence-corrected chi connectivity index (χ3v) is 5.96. The fourth-order valence-corrected chi connectivity index (χ4v) is 4.40. The van der Waals surface area contributed by atoms with Crippen LogP contribution in [-0.2, 0) is 4.79 Å². The Hall–Kier alpha value is -2.66. The summed E-state index contributed by atoms with van der Waals surface area (Å²) in [6.07, 6.45) is 2.07. The average Bonchev–Trinajstić information content (AvgIpc) is 3.14. The molecule has 1 N–H and O–H groups in total. The number of amides is 1. The van der Waals surface area contributed by atoms with Crippen LogP contribution in [0.2, 0.25) is 0 Å². The van der Waals surface area contributed by atoms with Crippen LogP contribution in [0.4, 0.5) is 5.69 Å². The zero-order valence-corrected chi connectivity index (χ0v) is 17.7. The lowest BCUT2D eigenvalue weighted by Gasteiger charge is -2.35. The number of anilines is 1. The van der Waals surface area contributed by atoms with Gasteiger partial charge in [-0.2, -0.15) is 0 Å². The number of rotatable bonds is 4. The molecular weight excluding hydrogens is 362 g/mol. The molecule has 0 spiro atoms. The molecule has 0 bridgehead atoms. The molecule has 1 fully saturated rings. The summed E-state index contributed by atoms with van der Waals surface area (Å²) in [7, 11) is 0. The Morgan fingerprint density at radius 3 is 2.66 bits per heavy atom. The summed E-state index contributed by atoms with van der Waals surface area (Å²) in [4.78, 5) is 19.9. The van der Waals surface area contributed by atoms with E-state index in [0.717, 1.165) is 59.7 Å². The van der Waals surface area contributed by atoms with Crippen LogP contribution < -0.4 is 5.32 Å². The summed E-state index contributed by atoms with van der Waals surface area (Å²) < 4.78 is 6.00. The number of carbonyl (C=O) groups excluding carboxylic acids is 1. The van der Waals surface area contributed by atoms with Gasteiger partial charge in [0.15, 0.2) is 11.5 Å². The second-order valence-corrected chi connectivity index (χ2v) is 8.29. The van der Waals surface area contributed by atoms with Crippen molar-refractivity contribution >= 4 is 22.7 Å². The van der Waals surface area contributed by atoms with Crippen molar-refractivity contribution in [3.63, 3.8) is 0 Å². The number of nitrogens with zero attached hydrogens (tertiary/aromatic N) is 2. The van der Waals surface area contributed by atoms with E-state index in [0.29, 0.717) is 0 Å². The van der Waals surface area contributed by atoms with Crippen LogP contribution in [0.3, 0.4) is 0 Å². The Kier molecular flexibility index (Phi) is 5.41. The topological polar surface area (TPSA) is 58.4 Å². The minimum atomic E-state index is -0.206. The summed E-state index contributed by atoms with van der Waals surface area (Å²) >= 11 is 0. The van der Waals surface area contributed by atoms with Gasteiger partial charge in [-0.3, -0.25) is 9.69 Å². The second-order valence-electron chi connectivity index (χ2n) is 8.29. The first-order chi connectivity index (χ1) is 13.9. The molecule has 5 nitrogen and oxygen atoms in total. The standard InChI is InChI=1S/C24H29N3O2/c1-15-12-16(2)22(17(3)13-15)26-23(28)18(4)27-11-7-8-19(14-27)24-25-20-9-5-6-10-21(20)29-24/h5-6,9-10,12-13,18-19H,7-8,11,14H2,1-4H3,(H,26,28). The van der Waals surface area contributed by atoms with Crippen LogP contribution in [0.5, 0.6) is 0 Å². The lowest BCUT2D eigenvalue weighted by atomic mass is 9.96. The third-order valence-electron chi connectivity index (χ3n) is 5.96. The molecule has 2 aromatic carbocycles. The van der Waals surface area contributed by atoms with Gasteiger partial charge in [0.2, 0.25) is 5.91 Å². The number of para-hydroxylation sites is 2. The minimum Gasteiger partial charge on any atom is -0.440 e. The number of hydrogen-bond donors (Lipinski definition) is 1. The van der Waals surface area contributed by atoms with Gasteiger partial charge in [0.1, 0.15) is 5.52 Å². The van der Waals surface area contributed by atoms with E-state index in [1.54, 1.807) is 0 Å². The van der Waals surface area contributed by atoms with Crippen LogP contribution in [0.1, 0.15) is 48.3 Å². The predicted octanol–water partition coefficient (Wildman–Crippen LogP) is 4.96. The maximum absolute atomic E-state index is 13.0. The van der Waals surface area contributed by atoms with E-state index in [4.69, 9.17) is 4.42 Å². The lowest BCUT2D eigenvalue weighted by molar-refractivity contribution is -0.121. The van der Waals surface area contributed by atoms with Crippen molar-refractivity contribution in [2.45, 2.75) is 52.5 Å². The van der Waals surface area contributed by atoms with Gasteiger partial charge in [-0.1, -0.05) is 29.8 Å². The molecule has 29 heavy (non-hydrogen) atoms. The number of benzene rings is 2. The van der Waals surface area contributed by atoms with E-state index < -0.39 is 0 Å². The highest BCUT2D eigenvalue weighted by Crippen LogP contribution is 2.30. The molecule has 1 aliphatic rings. The van der Waals surface area contributed by atoms with Gasteiger partial charge < -0.3 is 9.73 Å². The first-order valence-electron chi connectivity index (χ1n) is 10.4. The minimum absolute atomic E-state index is 0.0401. The fraction of sp³-hybridized carbons (Fsp3) is 0.417. The number of carbonyl (C=O) groups is 1. The predicted molar refractivity (Wildman–Crippen MR) is 116 cm³/mol. The maximum atomic E-state index is 13.0. The number of aromatic nitrogens is 1. The van der Waals surface area contributed by atoms with Crippen LogP contribution in [0.15, 0.2) is 40.8 Å². The highest BCUT2D eigenvalue weighted by Gasteiger charge is 2.30. The van der Waals surface area contributed by atoms with Crippen molar-refractivity contribution in [2.24, 2.45) is 0 Å². The van der Waals surface area contributed by atoms with Crippen molar-refractivity contribution in [3.8, 4) is 0 Å². The normalized spacial score (nSPS) is 18.7. The molecule has 1 aliphatic heterocycles. The van der Waals surface area contributed by atoms with Gasteiger partial charge in [0.25, 0.3) is 0 Å². The van der Waals surface area contributed by atoms with Gasteiger partial charge in [-0.25, -0.2) is 4.98 Å². The van der Waals surface area contributed by atoms with E-state index in [9.17, 15) is 4.79 Å². The van der Waals surface area contributed by atoms with Gasteiger partial charge in [-0.05, 0) is 70.3 Å². The molecule has 4 rings (SSSR count). The number of likely N-dealkylation sites (tertiary alicyclic amines) is 1. The summed E-state index contributed by atoms with van der Waals surface area (Å²) in [6, 6.07) is 11.9. The fourth-order valence-electron chi connectivity index (χ4n) is 4.40. The Balaban J connectivity index is 1.47. The number of piperidine rings is 1. The van der Waals surface area contributed by atoms with E-state index in [1.807, 2.05) is 45.0 Å². The Morgan fingerprint density at radius 2 is 1.93 bits per heavy atom. The lowest BCUT2D eigenvalue weighted by Crippen LogP contribution is -2.46. The first-order valence-corrected chi connectivity index (χ1v) is 10.4.